The van der Waals surface area contributed by atoms with Crippen molar-refractivity contribution >= 4 is 23.5 Å². The van der Waals surface area contributed by atoms with E-state index in [0.717, 1.165) is 0 Å². The van der Waals surface area contributed by atoms with Crippen molar-refractivity contribution in [2.24, 2.45) is 0 Å². The van der Waals surface area contributed by atoms with E-state index in [0.29, 0.717) is 65.7 Å². The molecule has 1 heterocycles. The van der Waals surface area contributed by atoms with Crippen LogP contribution in [0.4, 0.5) is 8.78 Å². The third-order valence-electron chi connectivity index (χ3n) is 6.33. The van der Waals surface area contributed by atoms with Gasteiger partial charge in [0, 0.05) is 37.3 Å². The summed E-state index contributed by atoms with van der Waals surface area (Å²) in [6.45, 7) is 1.23. The lowest BCUT2D eigenvalue weighted by atomic mass is 10.0. The standard InChI is InChI=1S/C29H28F2N2O5/c1-36-25-17-21(18-26(37-2)27(25)38-3)28(34)32-12-14-33(15-13-32)29(35)24(20-6-10-23(31)11-7-20)16-19-4-8-22(30)9-5-19/h4-11,16-18H,12-15H2,1-3H3. The molecule has 0 radical (unpaired) electrons. The van der Waals surface area contributed by atoms with Crippen molar-refractivity contribution in [1.29, 1.82) is 0 Å². The van der Waals surface area contributed by atoms with Gasteiger partial charge in [-0.15, -0.1) is 0 Å². The zero-order valence-electron chi connectivity index (χ0n) is 21.4. The Morgan fingerprint density at radius 2 is 1.21 bits per heavy atom. The summed E-state index contributed by atoms with van der Waals surface area (Å²) in [4.78, 5) is 30.1. The number of carbonyl (C=O) groups is 2. The number of amides is 2. The molecular weight excluding hydrogens is 494 g/mol. The number of methoxy groups -OCH3 is 3. The molecule has 3 aromatic rings. The number of hydrogen-bond donors (Lipinski definition) is 0. The van der Waals surface area contributed by atoms with Gasteiger partial charge >= 0.3 is 0 Å². The Bertz CT molecular complexity index is 1310. The molecule has 0 atom stereocenters. The molecule has 4 rings (SSSR count). The molecule has 0 saturated carbocycles. The van der Waals surface area contributed by atoms with Crippen molar-refractivity contribution in [2.45, 2.75) is 0 Å². The average molecular weight is 523 g/mol. The van der Waals surface area contributed by atoms with Crippen molar-refractivity contribution in [3.05, 3.63) is 89.0 Å². The first kappa shape index (κ1) is 26.7. The van der Waals surface area contributed by atoms with Gasteiger partial charge in [-0.2, -0.15) is 0 Å². The number of carbonyl (C=O) groups excluding carboxylic acids is 2. The van der Waals surface area contributed by atoms with Gasteiger partial charge in [0.15, 0.2) is 11.5 Å². The molecule has 38 heavy (non-hydrogen) atoms. The highest BCUT2D eigenvalue weighted by Crippen LogP contribution is 2.38. The van der Waals surface area contributed by atoms with Gasteiger partial charge in [0.2, 0.25) is 5.75 Å². The van der Waals surface area contributed by atoms with E-state index in [9.17, 15) is 18.4 Å². The van der Waals surface area contributed by atoms with Gasteiger partial charge in [0.25, 0.3) is 11.8 Å². The lowest BCUT2D eigenvalue weighted by molar-refractivity contribution is -0.126. The van der Waals surface area contributed by atoms with E-state index in [-0.39, 0.29) is 17.6 Å². The fraction of sp³-hybridized carbons (Fsp3) is 0.241. The number of nitrogens with zero attached hydrogens (tertiary/aromatic N) is 2. The first-order chi connectivity index (χ1) is 18.3. The van der Waals surface area contributed by atoms with Crippen LogP contribution in [0.25, 0.3) is 11.6 Å². The molecule has 7 nitrogen and oxygen atoms in total. The van der Waals surface area contributed by atoms with Gasteiger partial charge in [-0.05, 0) is 53.6 Å². The lowest BCUT2D eigenvalue weighted by Gasteiger charge is -2.35. The molecule has 9 heteroatoms. The largest absolute Gasteiger partial charge is 0.493 e. The zero-order chi connectivity index (χ0) is 27.2. The molecule has 1 fully saturated rings. The van der Waals surface area contributed by atoms with E-state index in [1.807, 2.05) is 0 Å². The molecule has 2 amide bonds. The number of benzene rings is 3. The number of halogens is 2. The maximum Gasteiger partial charge on any atom is 0.254 e. The molecule has 0 aromatic heterocycles. The van der Waals surface area contributed by atoms with Crippen molar-refractivity contribution in [1.82, 2.24) is 9.80 Å². The van der Waals surface area contributed by atoms with Crippen LogP contribution < -0.4 is 14.2 Å². The molecule has 1 aliphatic rings. The Hall–Kier alpha value is -4.40. The maximum atomic E-state index is 13.6. The molecule has 198 valence electrons. The fourth-order valence-electron chi connectivity index (χ4n) is 4.29. The molecule has 0 bridgehead atoms. The minimum Gasteiger partial charge on any atom is -0.493 e. The summed E-state index contributed by atoms with van der Waals surface area (Å²) in [5.41, 5.74) is 1.90. The third kappa shape index (κ3) is 5.77. The monoisotopic (exact) mass is 522 g/mol. The summed E-state index contributed by atoms with van der Waals surface area (Å²) in [6, 6.07) is 14.6. The van der Waals surface area contributed by atoms with E-state index in [1.54, 1.807) is 40.1 Å². The minimum absolute atomic E-state index is 0.225. The second-order valence-corrected chi connectivity index (χ2v) is 8.61. The molecule has 0 spiro atoms. The van der Waals surface area contributed by atoms with Crippen molar-refractivity contribution in [2.75, 3.05) is 47.5 Å². The number of piperazine rings is 1. The smallest absolute Gasteiger partial charge is 0.254 e. The first-order valence-corrected chi connectivity index (χ1v) is 12.0. The average Bonchev–Trinajstić information content (AvgIpc) is 2.96. The van der Waals surface area contributed by atoms with E-state index in [4.69, 9.17) is 14.2 Å². The molecule has 0 N–H and O–H groups in total. The normalized spacial score (nSPS) is 13.8. The molecule has 1 aliphatic heterocycles. The summed E-state index contributed by atoms with van der Waals surface area (Å²) < 4.78 is 43.0. The van der Waals surface area contributed by atoms with Crippen LogP contribution in [0.15, 0.2) is 60.7 Å². The quantitative estimate of drug-likeness (QED) is 0.337. The van der Waals surface area contributed by atoms with Gasteiger partial charge in [0.1, 0.15) is 11.6 Å². The second-order valence-electron chi connectivity index (χ2n) is 8.61. The van der Waals surface area contributed by atoms with E-state index < -0.39 is 5.82 Å². The number of ether oxygens (including phenoxy) is 3. The van der Waals surface area contributed by atoms with Crippen molar-refractivity contribution < 1.29 is 32.6 Å². The number of hydrogen-bond acceptors (Lipinski definition) is 5. The van der Waals surface area contributed by atoms with Gasteiger partial charge in [-0.1, -0.05) is 24.3 Å². The molecule has 0 unspecified atom stereocenters. The highest BCUT2D eigenvalue weighted by molar-refractivity contribution is 6.24. The highest BCUT2D eigenvalue weighted by atomic mass is 19.1. The Labute approximate surface area is 219 Å². The summed E-state index contributed by atoms with van der Waals surface area (Å²) in [5, 5.41) is 0. The van der Waals surface area contributed by atoms with Crippen molar-refractivity contribution in [3.8, 4) is 17.2 Å². The Balaban J connectivity index is 1.53. The van der Waals surface area contributed by atoms with E-state index in [1.165, 1.54) is 57.7 Å². The molecule has 0 aliphatic carbocycles. The predicted octanol–water partition coefficient (Wildman–Crippen LogP) is 4.52. The summed E-state index contributed by atoms with van der Waals surface area (Å²) in [6.07, 6.45) is 1.66. The summed E-state index contributed by atoms with van der Waals surface area (Å²) in [5.74, 6) is -0.148. The molecule has 1 saturated heterocycles. The van der Waals surface area contributed by atoms with Gasteiger partial charge in [-0.3, -0.25) is 9.59 Å². The van der Waals surface area contributed by atoms with Crippen LogP contribution in [0.2, 0.25) is 0 Å². The third-order valence-corrected chi connectivity index (χ3v) is 6.33. The Kier molecular flexibility index (Phi) is 8.25. The number of rotatable bonds is 7. The summed E-state index contributed by atoms with van der Waals surface area (Å²) >= 11 is 0. The summed E-state index contributed by atoms with van der Waals surface area (Å²) in [7, 11) is 4.45. The Morgan fingerprint density at radius 1 is 0.711 bits per heavy atom. The van der Waals surface area contributed by atoms with Gasteiger partial charge in [-0.25, -0.2) is 8.78 Å². The van der Waals surface area contributed by atoms with E-state index in [2.05, 4.69) is 0 Å². The van der Waals surface area contributed by atoms with Crippen LogP contribution in [0.3, 0.4) is 0 Å². The zero-order valence-corrected chi connectivity index (χ0v) is 21.4. The van der Waals surface area contributed by atoms with Crippen LogP contribution in [-0.4, -0.2) is 69.1 Å². The van der Waals surface area contributed by atoms with Crippen LogP contribution in [0.5, 0.6) is 17.2 Å². The Morgan fingerprint density at radius 3 is 1.71 bits per heavy atom. The topological polar surface area (TPSA) is 68.3 Å². The lowest BCUT2D eigenvalue weighted by Crippen LogP contribution is -2.50. The fourth-order valence-corrected chi connectivity index (χ4v) is 4.29. The van der Waals surface area contributed by atoms with Crippen LogP contribution in [0, 0.1) is 11.6 Å². The molecule has 3 aromatic carbocycles. The van der Waals surface area contributed by atoms with Crippen LogP contribution in [-0.2, 0) is 4.79 Å². The van der Waals surface area contributed by atoms with E-state index >= 15 is 0 Å². The molecular formula is C29H28F2N2O5. The first-order valence-electron chi connectivity index (χ1n) is 12.0. The van der Waals surface area contributed by atoms with Crippen LogP contribution >= 0.6 is 0 Å². The van der Waals surface area contributed by atoms with Gasteiger partial charge < -0.3 is 24.0 Å². The predicted molar refractivity (Wildman–Crippen MR) is 139 cm³/mol. The maximum absolute atomic E-state index is 13.6. The van der Waals surface area contributed by atoms with Gasteiger partial charge in [0.05, 0.1) is 21.3 Å². The minimum atomic E-state index is -0.416. The van der Waals surface area contributed by atoms with Crippen molar-refractivity contribution in [3.63, 3.8) is 0 Å². The second kappa shape index (κ2) is 11.8. The van der Waals surface area contributed by atoms with Crippen LogP contribution in [0.1, 0.15) is 21.5 Å². The highest BCUT2D eigenvalue weighted by Gasteiger charge is 2.28. The SMILES string of the molecule is COc1cc(C(=O)N2CCN(C(=O)C(=Cc3ccc(F)cc3)c3ccc(F)cc3)CC2)cc(OC)c1OC.